The van der Waals surface area contributed by atoms with Crippen molar-refractivity contribution in [3.05, 3.63) is 12.7 Å². The second-order valence-corrected chi connectivity index (χ2v) is 5.81. The molecule has 1 aliphatic heterocycles. The summed E-state index contributed by atoms with van der Waals surface area (Å²) in [6.07, 6.45) is 4.21. The predicted octanol–water partition coefficient (Wildman–Crippen LogP) is 0.827. The van der Waals surface area contributed by atoms with Crippen LogP contribution in [0.2, 0.25) is 0 Å². The summed E-state index contributed by atoms with van der Waals surface area (Å²) in [5.41, 5.74) is 0. The zero-order valence-electron chi connectivity index (χ0n) is 11.9. The van der Waals surface area contributed by atoms with Gasteiger partial charge in [0.15, 0.2) is 0 Å². The maximum absolute atomic E-state index is 4.54. The molecule has 9 heteroatoms. The van der Waals surface area contributed by atoms with E-state index in [1.54, 1.807) is 11.0 Å². The van der Waals surface area contributed by atoms with Gasteiger partial charge in [-0.15, -0.1) is 0 Å². The molecule has 1 N–H and O–H groups in total. The van der Waals surface area contributed by atoms with Gasteiger partial charge in [-0.1, -0.05) is 0 Å². The van der Waals surface area contributed by atoms with Gasteiger partial charge in [-0.3, -0.25) is 0 Å². The van der Waals surface area contributed by atoms with Gasteiger partial charge in [0.2, 0.25) is 11.9 Å². The van der Waals surface area contributed by atoms with E-state index in [1.807, 2.05) is 18.7 Å². The molecule has 3 heterocycles. The van der Waals surface area contributed by atoms with Crippen molar-refractivity contribution in [2.75, 3.05) is 41.4 Å². The summed E-state index contributed by atoms with van der Waals surface area (Å²) < 4.78 is 1.55. The third kappa shape index (κ3) is 3.41. The van der Waals surface area contributed by atoms with E-state index >= 15 is 0 Å². The molecule has 0 atom stereocenters. The summed E-state index contributed by atoms with van der Waals surface area (Å²) in [5.74, 6) is 4.06. The fraction of sp³-hybridized carbons (Fsp3) is 0.583. The molecule has 1 saturated heterocycles. The number of anilines is 2. The lowest BCUT2D eigenvalue weighted by Gasteiger charge is -2.20. The molecule has 0 amide bonds. The van der Waals surface area contributed by atoms with Gasteiger partial charge in [-0.25, -0.2) is 4.98 Å². The molecule has 1 aliphatic rings. The molecular formula is C12H18N8S. The molecule has 3 rings (SSSR count). The minimum Gasteiger partial charge on any atom is -0.354 e. The highest BCUT2D eigenvalue weighted by Crippen LogP contribution is 2.17. The SMILES string of the molecule is CCNc1nc(N2CCCSCC2)nc(-n2cncn2)n1. The van der Waals surface area contributed by atoms with E-state index in [9.17, 15) is 0 Å². The average molecular weight is 306 g/mol. The minimum atomic E-state index is 0.491. The van der Waals surface area contributed by atoms with Crippen molar-refractivity contribution in [3.8, 4) is 5.95 Å². The first-order valence-corrected chi connectivity index (χ1v) is 8.20. The van der Waals surface area contributed by atoms with Crippen LogP contribution in [0.1, 0.15) is 13.3 Å². The van der Waals surface area contributed by atoms with E-state index in [0.29, 0.717) is 17.8 Å². The van der Waals surface area contributed by atoms with Gasteiger partial charge in [0, 0.05) is 25.4 Å². The van der Waals surface area contributed by atoms with E-state index in [4.69, 9.17) is 0 Å². The number of hydrogen-bond donors (Lipinski definition) is 1. The van der Waals surface area contributed by atoms with Gasteiger partial charge >= 0.3 is 0 Å². The van der Waals surface area contributed by atoms with E-state index in [0.717, 1.165) is 31.8 Å². The number of nitrogens with zero attached hydrogens (tertiary/aromatic N) is 7. The summed E-state index contributed by atoms with van der Waals surface area (Å²) in [5, 5.41) is 7.24. The first-order valence-electron chi connectivity index (χ1n) is 7.04. The third-order valence-corrected chi connectivity index (χ3v) is 4.12. The van der Waals surface area contributed by atoms with Gasteiger partial charge in [0.25, 0.3) is 5.95 Å². The van der Waals surface area contributed by atoms with Crippen LogP contribution in [0.15, 0.2) is 12.7 Å². The normalized spacial score (nSPS) is 15.8. The molecule has 0 spiro atoms. The standard InChI is InChI=1S/C12H18N8S/c1-2-14-10-16-11(19-4-3-6-21-7-5-19)18-12(17-10)20-9-13-8-15-20/h8-9H,2-7H2,1H3,(H,14,16,17,18). The highest BCUT2D eigenvalue weighted by Gasteiger charge is 2.16. The first-order chi connectivity index (χ1) is 10.4. The Kier molecular flexibility index (Phi) is 4.49. The smallest absolute Gasteiger partial charge is 0.258 e. The van der Waals surface area contributed by atoms with Crippen LogP contribution in [0.4, 0.5) is 11.9 Å². The predicted molar refractivity (Wildman–Crippen MR) is 83.1 cm³/mol. The minimum absolute atomic E-state index is 0.491. The van der Waals surface area contributed by atoms with Gasteiger partial charge < -0.3 is 10.2 Å². The summed E-state index contributed by atoms with van der Waals surface area (Å²) in [7, 11) is 0. The first kappa shape index (κ1) is 14.1. The fourth-order valence-corrected chi connectivity index (χ4v) is 2.98. The van der Waals surface area contributed by atoms with E-state index in [-0.39, 0.29) is 0 Å². The molecule has 0 saturated carbocycles. The molecule has 2 aromatic rings. The van der Waals surface area contributed by atoms with Gasteiger partial charge in [0.1, 0.15) is 12.7 Å². The van der Waals surface area contributed by atoms with Crippen LogP contribution in [-0.4, -0.2) is 60.9 Å². The van der Waals surface area contributed by atoms with Crippen LogP contribution in [0, 0.1) is 0 Å². The van der Waals surface area contributed by atoms with E-state index < -0.39 is 0 Å². The average Bonchev–Trinajstić information content (AvgIpc) is 2.90. The molecule has 0 aliphatic carbocycles. The summed E-state index contributed by atoms with van der Waals surface area (Å²) in [4.78, 5) is 19.6. The monoisotopic (exact) mass is 306 g/mol. The lowest BCUT2D eigenvalue weighted by atomic mass is 10.4. The number of hydrogen-bond acceptors (Lipinski definition) is 8. The summed E-state index contributed by atoms with van der Waals surface area (Å²) in [6.45, 7) is 4.70. The number of thioether (sulfide) groups is 1. The summed E-state index contributed by atoms with van der Waals surface area (Å²) >= 11 is 1.97. The zero-order valence-corrected chi connectivity index (χ0v) is 12.8. The molecule has 112 valence electrons. The van der Waals surface area contributed by atoms with Crippen LogP contribution >= 0.6 is 11.8 Å². The van der Waals surface area contributed by atoms with Crippen molar-refractivity contribution in [3.63, 3.8) is 0 Å². The van der Waals surface area contributed by atoms with Crippen molar-refractivity contribution in [1.29, 1.82) is 0 Å². The number of aromatic nitrogens is 6. The molecule has 0 bridgehead atoms. The van der Waals surface area contributed by atoms with Crippen molar-refractivity contribution in [2.24, 2.45) is 0 Å². The Hall–Kier alpha value is -1.90. The molecule has 8 nitrogen and oxygen atoms in total. The second kappa shape index (κ2) is 6.70. The van der Waals surface area contributed by atoms with Gasteiger partial charge in [0.05, 0.1) is 0 Å². The van der Waals surface area contributed by atoms with Crippen molar-refractivity contribution in [1.82, 2.24) is 29.7 Å². The van der Waals surface area contributed by atoms with Crippen LogP contribution in [0.5, 0.6) is 0 Å². The van der Waals surface area contributed by atoms with Crippen LogP contribution in [0.3, 0.4) is 0 Å². The quantitative estimate of drug-likeness (QED) is 0.889. The number of nitrogens with one attached hydrogen (secondary N) is 1. The molecule has 2 aromatic heterocycles. The van der Waals surface area contributed by atoms with Crippen LogP contribution in [-0.2, 0) is 0 Å². The molecular weight excluding hydrogens is 288 g/mol. The number of rotatable bonds is 4. The topological polar surface area (TPSA) is 84.7 Å². The largest absolute Gasteiger partial charge is 0.354 e. The lowest BCUT2D eigenvalue weighted by Crippen LogP contribution is -2.28. The fourth-order valence-electron chi connectivity index (χ4n) is 2.09. The maximum atomic E-state index is 4.54. The highest BCUT2D eigenvalue weighted by molar-refractivity contribution is 7.99. The zero-order chi connectivity index (χ0) is 14.5. The second-order valence-electron chi connectivity index (χ2n) is 4.58. The Labute approximate surface area is 127 Å². The Balaban J connectivity index is 1.94. The Bertz CT molecular complexity index is 565. The van der Waals surface area contributed by atoms with Crippen LogP contribution < -0.4 is 10.2 Å². The molecule has 1 fully saturated rings. The highest BCUT2D eigenvalue weighted by atomic mass is 32.2. The Morgan fingerprint density at radius 2 is 2.10 bits per heavy atom. The molecule has 0 unspecified atom stereocenters. The Morgan fingerprint density at radius 3 is 2.90 bits per heavy atom. The van der Waals surface area contributed by atoms with Crippen molar-refractivity contribution < 1.29 is 0 Å². The van der Waals surface area contributed by atoms with E-state index in [1.165, 1.54) is 12.1 Å². The Morgan fingerprint density at radius 1 is 1.19 bits per heavy atom. The molecule has 0 aromatic carbocycles. The van der Waals surface area contributed by atoms with E-state index in [2.05, 4.69) is 35.3 Å². The summed E-state index contributed by atoms with van der Waals surface area (Å²) in [6, 6.07) is 0. The van der Waals surface area contributed by atoms with Gasteiger partial charge in [-0.2, -0.15) is 36.5 Å². The van der Waals surface area contributed by atoms with Crippen LogP contribution in [0.25, 0.3) is 5.95 Å². The van der Waals surface area contributed by atoms with Crippen molar-refractivity contribution >= 4 is 23.7 Å². The molecule has 0 radical (unpaired) electrons. The third-order valence-electron chi connectivity index (χ3n) is 3.08. The maximum Gasteiger partial charge on any atom is 0.258 e. The van der Waals surface area contributed by atoms with Gasteiger partial charge in [-0.05, 0) is 19.1 Å². The lowest BCUT2D eigenvalue weighted by molar-refractivity contribution is 0.746. The molecule has 21 heavy (non-hydrogen) atoms. The van der Waals surface area contributed by atoms with Crippen molar-refractivity contribution in [2.45, 2.75) is 13.3 Å².